The molecule has 0 amide bonds. The predicted molar refractivity (Wildman–Crippen MR) is 86.5 cm³/mol. The van der Waals surface area contributed by atoms with Crippen LogP contribution in [-0.4, -0.2) is 22.6 Å². The molecule has 0 aliphatic carbocycles. The van der Waals surface area contributed by atoms with Crippen LogP contribution in [0.2, 0.25) is 0 Å². The molecule has 0 heterocycles. The summed E-state index contributed by atoms with van der Waals surface area (Å²) < 4.78 is 75.1. The van der Waals surface area contributed by atoms with E-state index in [0.29, 0.717) is 17.1 Å². The first-order chi connectivity index (χ1) is 11.6. The van der Waals surface area contributed by atoms with Crippen LogP contribution in [0.5, 0.6) is 11.5 Å². The summed E-state index contributed by atoms with van der Waals surface area (Å²) in [7, 11) is -1.20. The molecule has 0 unspecified atom stereocenters. The highest BCUT2D eigenvalue weighted by Gasteiger charge is 2.30. The molecule has 0 radical (unpaired) electrons. The van der Waals surface area contributed by atoms with Crippen LogP contribution in [0.25, 0.3) is 0 Å². The molecule has 2 aromatic rings. The fourth-order valence-electron chi connectivity index (χ4n) is 2.12. The largest absolute Gasteiger partial charge is 0.493 e. The first-order valence-corrected chi connectivity index (χ1v) is 8.49. The SMILES string of the molecule is COc1cc(C)c(NS(=O)(=O)c2ccc(C(F)(F)F)cc2)cc1OC. The van der Waals surface area contributed by atoms with E-state index in [1.54, 1.807) is 13.0 Å². The van der Waals surface area contributed by atoms with E-state index < -0.39 is 21.8 Å². The molecule has 0 aliphatic rings. The van der Waals surface area contributed by atoms with Crippen molar-refractivity contribution in [3.8, 4) is 11.5 Å². The van der Waals surface area contributed by atoms with E-state index in [2.05, 4.69) is 4.72 Å². The molecule has 0 spiro atoms. The summed E-state index contributed by atoms with van der Waals surface area (Å²) in [5.41, 5.74) is -0.126. The maximum atomic E-state index is 12.6. The van der Waals surface area contributed by atoms with Crippen molar-refractivity contribution in [1.29, 1.82) is 0 Å². The van der Waals surface area contributed by atoms with Gasteiger partial charge < -0.3 is 9.47 Å². The lowest BCUT2D eigenvalue weighted by molar-refractivity contribution is -0.137. The molecule has 1 N–H and O–H groups in total. The second-order valence-corrected chi connectivity index (χ2v) is 6.83. The van der Waals surface area contributed by atoms with E-state index >= 15 is 0 Å². The summed E-state index contributed by atoms with van der Waals surface area (Å²) in [4.78, 5) is -0.283. The van der Waals surface area contributed by atoms with Crippen molar-refractivity contribution in [2.24, 2.45) is 0 Å². The summed E-state index contributed by atoms with van der Waals surface area (Å²) in [5.74, 6) is 0.746. The van der Waals surface area contributed by atoms with Crippen molar-refractivity contribution < 1.29 is 31.1 Å². The zero-order chi connectivity index (χ0) is 18.8. The average molecular weight is 375 g/mol. The molecule has 0 saturated carbocycles. The number of anilines is 1. The Morgan fingerprint density at radius 2 is 1.48 bits per heavy atom. The van der Waals surface area contributed by atoms with Gasteiger partial charge in [-0.2, -0.15) is 13.2 Å². The van der Waals surface area contributed by atoms with Gasteiger partial charge in [0.05, 0.1) is 30.4 Å². The minimum atomic E-state index is -4.53. The Morgan fingerprint density at radius 3 is 1.96 bits per heavy atom. The van der Waals surface area contributed by atoms with Gasteiger partial charge in [0.15, 0.2) is 11.5 Å². The number of rotatable bonds is 5. The zero-order valence-corrected chi connectivity index (χ0v) is 14.5. The van der Waals surface area contributed by atoms with E-state index in [9.17, 15) is 21.6 Å². The number of hydrogen-bond acceptors (Lipinski definition) is 4. The van der Waals surface area contributed by atoms with Crippen LogP contribution >= 0.6 is 0 Å². The van der Waals surface area contributed by atoms with Crippen LogP contribution in [0.4, 0.5) is 18.9 Å². The third-order valence-corrected chi connectivity index (χ3v) is 4.85. The van der Waals surface area contributed by atoms with Crippen LogP contribution in [0.3, 0.4) is 0 Å². The fraction of sp³-hybridized carbons (Fsp3) is 0.250. The highest BCUT2D eigenvalue weighted by Crippen LogP contribution is 2.34. The molecule has 2 aromatic carbocycles. The van der Waals surface area contributed by atoms with Gasteiger partial charge in [0.25, 0.3) is 10.0 Å². The van der Waals surface area contributed by atoms with E-state index in [1.807, 2.05) is 0 Å². The molecule has 0 aliphatic heterocycles. The van der Waals surface area contributed by atoms with E-state index in [0.717, 1.165) is 24.3 Å². The number of ether oxygens (including phenoxy) is 2. The maximum absolute atomic E-state index is 12.6. The molecule has 0 fully saturated rings. The quantitative estimate of drug-likeness (QED) is 0.863. The number of sulfonamides is 1. The van der Waals surface area contributed by atoms with Gasteiger partial charge in [0.2, 0.25) is 0 Å². The van der Waals surface area contributed by atoms with Crippen LogP contribution in [0.15, 0.2) is 41.3 Å². The molecule has 5 nitrogen and oxygen atoms in total. The minimum absolute atomic E-state index is 0.234. The Balaban J connectivity index is 2.36. The normalized spacial score (nSPS) is 11.9. The molecular formula is C16H16F3NO4S. The number of halogens is 3. The number of methoxy groups -OCH3 is 2. The van der Waals surface area contributed by atoms with Gasteiger partial charge in [0, 0.05) is 6.07 Å². The zero-order valence-electron chi connectivity index (χ0n) is 13.6. The van der Waals surface area contributed by atoms with Gasteiger partial charge in [-0.3, -0.25) is 4.72 Å². The van der Waals surface area contributed by atoms with E-state index in [1.165, 1.54) is 20.3 Å². The Labute approximate surface area is 143 Å². The number of aryl methyl sites for hydroxylation is 1. The molecule has 0 bridgehead atoms. The number of hydrogen-bond donors (Lipinski definition) is 1. The fourth-order valence-corrected chi connectivity index (χ4v) is 3.24. The van der Waals surface area contributed by atoms with Gasteiger partial charge in [0.1, 0.15) is 0 Å². The lowest BCUT2D eigenvalue weighted by Crippen LogP contribution is -2.14. The summed E-state index contributed by atoms with van der Waals surface area (Å²) in [6.45, 7) is 1.66. The Kier molecular flexibility index (Phi) is 5.17. The highest BCUT2D eigenvalue weighted by molar-refractivity contribution is 7.92. The molecule has 0 aromatic heterocycles. The second-order valence-electron chi connectivity index (χ2n) is 5.15. The standard InChI is InChI=1S/C16H16F3NO4S/c1-10-8-14(23-2)15(24-3)9-13(10)20-25(21,22)12-6-4-11(5-7-12)16(17,18)19/h4-9,20H,1-3H3. The number of alkyl halides is 3. The van der Waals surface area contributed by atoms with Crippen LogP contribution in [-0.2, 0) is 16.2 Å². The van der Waals surface area contributed by atoms with Gasteiger partial charge in [-0.1, -0.05) is 0 Å². The monoisotopic (exact) mass is 375 g/mol. The molecule has 9 heteroatoms. The lowest BCUT2D eigenvalue weighted by Gasteiger charge is -2.15. The van der Waals surface area contributed by atoms with Gasteiger partial charge in [-0.05, 0) is 42.8 Å². The number of benzene rings is 2. The Hall–Kier alpha value is -2.42. The number of nitrogens with one attached hydrogen (secondary N) is 1. The van der Waals surface area contributed by atoms with Crippen molar-refractivity contribution in [1.82, 2.24) is 0 Å². The summed E-state index contributed by atoms with van der Waals surface area (Å²) in [5, 5.41) is 0. The van der Waals surface area contributed by atoms with Crippen LogP contribution in [0.1, 0.15) is 11.1 Å². The topological polar surface area (TPSA) is 64.6 Å². The minimum Gasteiger partial charge on any atom is -0.493 e. The summed E-state index contributed by atoms with van der Waals surface area (Å²) in [6.07, 6.45) is -4.53. The third kappa shape index (κ3) is 4.16. The molecule has 25 heavy (non-hydrogen) atoms. The Morgan fingerprint density at radius 1 is 0.960 bits per heavy atom. The highest BCUT2D eigenvalue weighted by atomic mass is 32.2. The van der Waals surface area contributed by atoms with Gasteiger partial charge >= 0.3 is 6.18 Å². The molecule has 0 saturated heterocycles. The van der Waals surface area contributed by atoms with Crippen molar-refractivity contribution in [2.75, 3.05) is 18.9 Å². The van der Waals surface area contributed by atoms with Crippen LogP contribution < -0.4 is 14.2 Å². The predicted octanol–water partition coefficient (Wildman–Crippen LogP) is 3.83. The summed E-state index contributed by atoms with van der Waals surface area (Å²) >= 11 is 0. The van der Waals surface area contributed by atoms with E-state index in [4.69, 9.17) is 9.47 Å². The van der Waals surface area contributed by atoms with E-state index in [-0.39, 0.29) is 10.6 Å². The maximum Gasteiger partial charge on any atom is 0.416 e. The molecule has 2 rings (SSSR count). The first kappa shape index (κ1) is 18.9. The van der Waals surface area contributed by atoms with Crippen LogP contribution in [0, 0.1) is 6.92 Å². The van der Waals surface area contributed by atoms with Crippen molar-refractivity contribution in [3.05, 3.63) is 47.5 Å². The smallest absolute Gasteiger partial charge is 0.416 e. The first-order valence-electron chi connectivity index (χ1n) is 7.01. The van der Waals surface area contributed by atoms with Gasteiger partial charge in [-0.15, -0.1) is 0 Å². The molecule has 0 atom stereocenters. The molecular weight excluding hydrogens is 359 g/mol. The van der Waals surface area contributed by atoms with Crippen molar-refractivity contribution >= 4 is 15.7 Å². The summed E-state index contributed by atoms with van der Waals surface area (Å²) in [6, 6.07) is 6.27. The Bertz CT molecular complexity index is 862. The average Bonchev–Trinajstić information content (AvgIpc) is 2.55. The van der Waals surface area contributed by atoms with Crippen molar-refractivity contribution in [3.63, 3.8) is 0 Å². The third-order valence-electron chi connectivity index (χ3n) is 3.47. The second kappa shape index (κ2) is 6.83. The van der Waals surface area contributed by atoms with Crippen molar-refractivity contribution in [2.45, 2.75) is 18.0 Å². The van der Waals surface area contributed by atoms with Gasteiger partial charge in [-0.25, -0.2) is 8.42 Å². The lowest BCUT2D eigenvalue weighted by atomic mass is 10.2. The molecule has 136 valence electrons.